The van der Waals surface area contributed by atoms with Gasteiger partial charge in [0.15, 0.2) is 0 Å². The lowest BCUT2D eigenvalue weighted by atomic mass is 10.3. The van der Waals surface area contributed by atoms with Gasteiger partial charge >= 0.3 is 0 Å². The Bertz CT molecular complexity index is 601. The lowest BCUT2D eigenvalue weighted by molar-refractivity contribution is 0.415. The van der Waals surface area contributed by atoms with Gasteiger partial charge in [-0.05, 0) is 36.8 Å². The molecular weight excluding hydrogens is 266 g/mol. The third-order valence-corrected chi connectivity index (χ3v) is 3.54. The molecule has 0 aliphatic carbocycles. The Balaban J connectivity index is 1.73. The van der Waals surface area contributed by atoms with Crippen LogP contribution in [0.5, 0.6) is 5.75 Å². The first-order chi connectivity index (χ1) is 10.2. The zero-order valence-corrected chi connectivity index (χ0v) is 12.0. The molecule has 1 fully saturated rings. The van der Waals surface area contributed by atoms with E-state index in [-0.39, 0.29) is 6.04 Å². The first kappa shape index (κ1) is 13.6. The molecule has 3 N–H and O–H groups in total. The third kappa shape index (κ3) is 3.22. The summed E-state index contributed by atoms with van der Waals surface area (Å²) in [5.74, 6) is 2.31. The highest BCUT2D eigenvalue weighted by atomic mass is 16.5. The molecule has 0 spiro atoms. The van der Waals surface area contributed by atoms with E-state index in [2.05, 4.69) is 20.2 Å². The first-order valence-corrected chi connectivity index (χ1v) is 6.99. The SMILES string of the molecule is COc1ccc(Nc2nccc(N3CCC(N)C3)n2)cc1. The van der Waals surface area contributed by atoms with E-state index in [1.54, 1.807) is 13.3 Å². The molecule has 1 aliphatic rings. The summed E-state index contributed by atoms with van der Waals surface area (Å²) in [4.78, 5) is 11.0. The van der Waals surface area contributed by atoms with Crippen LogP contribution in [0.4, 0.5) is 17.5 Å². The minimum Gasteiger partial charge on any atom is -0.497 e. The van der Waals surface area contributed by atoms with Gasteiger partial charge in [0.25, 0.3) is 0 Å². The van der Waals surface area contributed by atoms with Gasteiger partial charge in [-0.3, -0.25) is 0 Å². The molecule has 2 aromatic rings. The largest absolute Gasteiger partial charge is 0.497 e. The van der Waals surface area contributed by atoms with Crippen molar-refractivity contribution in [2.45, 2.75) is 12.5 Å². The van der Waals surface area contributed by atoms with Gasteiger partial charge in [0.1, 0.15) is 11.6 Å². The van der Waals surface area contributed by atoms with E-state index in [1.807, 2.05) is 30.3 Å². The fourth-order valence-corrected chi connectivity index (χ4v) is 2.38. The van der Waals surface area contributed by atoms with Crippen LogP contribution in [0.3, 0.4) is 0 Å². The fourth-order valence-electron chi connectivity index (χ4n) is 2.38. The molecule has 0 saturated carbocycles. The van der Waals surface area contributed by atoms with E-state index in [1.165, 1.54) is 0 Å². The summed E-state index contributed by atoms with van der Waals surface area (Å²) < 4.78 is 5.14. The predicted molar refractivity (Wildman–Crippen MR) is 83.1 cm³/mol. The van der Waals surface area contributed by atoms with Crippen molar-refractivity contribution in [2.75, 3.05) is 30.4 Å². The minimum atomic E-state index is 0.234. The number of nitrogens with zero attached hydrogens (tertiary/aromatic N) is 3. The van der Waals surface area contributed by atoms with E-state index in [9.17, 15) is 0 Å². The molecular formula is C15H19N5O. The van der Waals surface area contributed by atoms with Gasteiger partial charge < -0.3 is 20.7 Å². The molecule has 1 aromatic carbocycles. The van der Waals surface area contributed by atoms with Crippen LogP contribution in [0.1, 0.15) is 6.42 Å². The number of nitrogens with two attached hydrogens (primary N) is 1. The second-order valence-electron chi connectivity index (χ2n) is 5.09. The van der Waals surface area contributed by atoms with E-state index >= 15 is 0 Å². The summed E-state index contributed by atoms with van der Waals surface area (Å²) in [7, 11) is 1.65. The lowest BCUT2D eigenvalue weighted by Crippen LogP contribution is -2.27. The Hall–Kier alpha value is -2.34. The third-order valence-electron chi connectivity index (χ3n) is 3.54. The van der Waals surface area contributed by atoms with Crippen molar-refractivity contribution in [1.82, 2.24) is 9.97 Å². The summed E-state index contributed by atoms with van der Waals surface area (Å²) in [6.45, 7) is 1.79. The van der Waals surface area contributed by atoms with E-state index in [4.69, 9.17) is 10.5 Å². The number of hydrogen-bond donors (Lipinski definition) is 2. The zero-order chi connectivity index (χ0) is 14.7. The summed E-state index contributed by atoms with van der Waals surface area (Å²) >= 11 is 0. The molecule has 21 heavy (non-hydrogen) atoms. The zero-order valence-electron chi connectivity index (χ0n) is 12.0. The van der Waals surface area contributed by atoms with Gasteiger partial charge in [-0.1, -0.05) is 0 Å². The van der Waals surface area contributed by atoms with Crippen molar-refractivity contribution in [1.29, 1.82) is 0 Å². The molecule has 2 heterocycles. The summed E-state index contributed by atoms with van der Waals surface area (Å²) in [5, 5.41) is 3.19. The first-order valence-electron chi connectivity index (χ1n) is 6.99. The quantitative estimate of drug-likeness (QED) is 0.891. The van der Waals surface area contributed by atoms with Gasteiger partial charge in [-0.25, -0.2) is 4.98 Å². The Morgan fingerprint density at radius 1 is 1.29 bits per heavy atom. The highest BCUT2D eigenvalue weighted by Crippen LogP contribution is 2.21. The van der Waals surface area contributed by atoms with Crippen molar-refractivity contribution >= 4 is 17.5 Å². The topological polar surface area (TPSA) is 76.3 Å². The highest BCUT2D eigenvalue weighted by molar-refractivity contribution is 5.56. The Kier molecular flexibility index (Phi) is 3.87. The molecule has 0 amide bonds. The fraction of sp³-hybridized carbons (Fsp3) is 0.333. The van der Waals surface area contributed by atoms with Crippen LogP contribution in [-0.2, 0) is 0 Å². The van der Waals surface area contributed by atoms with Crippen LogP contribution in [0.2, 0.25) is 0 Å². The van der Waals surface area contributed by atoms with E-state index in [0.717, 1.165) is 36.8 Å². The number of anilines is 3. The molecule has 110 valence electrons. The average molecular weight is 285 g/mol. The molecule has 0 radical (unpaired) electrons. The average Bonchev–Trinajstić information content (AvgIpc) is 2.95. The molecule has 3 rings (SSSR count). The Labute approximate surface area is 124 Å². The molecule has 1 aromatic heterocycles. The molecule has 6 heteroatoms. The molecule has 1 atom stereocenters. The van der Waals surface area contributed by atoms with E-state index < -0.39 is 0 Å². The maximum atomic E-state index is 5.94. The van der Waals surface area contributed by atoms with Gasteiger partial charge in [-0.2, -0.15) is 4.98 Å². The monoisotopic (exact) mass is 285 g/mol. The van der Waals surface area contributed by atoms with Crippen LogP contribution in [0.15, 0.2) is 36.5 Å². The van der Waals surface area contributed by atoms with Crippen LogP contribution in [0, 0.1) is 0 Å². The molecule has 1 unspecified atom stereocenters. The van der Waals surface area contributed by atoms with Crippen LogP contribution in [0.25, 0.3) is 0 Å². The summed E-state index contributed by atoms with van der Waals surface area (Å²) in [6, 6.07) is 9.80. The van der Waals surface area contributed by atoms with Gasteiger partial charge in [0.2, 0.25) is 5.95 Å². The maximum Gasteiger partial charge on any atom is 0.229 e. The standard InChI is InChI=1S/C15H19N5O/c1-21-13-4-2-12(3-5-13)18-15-17-8-6-14(19-15)20-9-7-11(16)10-20/h2-6,8,11H,7,9-10,16H2,1H3,(H,17,18,19). The molecule has 1 saturated heterocycles. The van der Waals surface area contributed by atoms with Gasteiger partial charge in [0.05, 0.1) is 7.11 Å². The second kappa shape index (κ2) is 5.97. The number of hydrogen-bond acceptors (Lipinski definition) is 6. The van der Waals surface area contributed by atoms with Crippen molar-refractivity contribution in [2.24, 2.45) is 5.73 Å². The van der Waals surface area contributed by atoms with Crippen LogP contribution in [-0.4, -0.2) is 36.2 Å². The Morgan fingerprint density at radius 3 is 2.76 bits per heavy atom. The Morgan fingerprint density at radius 2 is 2.10 bits per heavy atom. The van der Waals surface area contributed by atoms with E-state index in [0.29, 0.717) is 5.95 Å². The normalized spacial score (nSPS) is 17.8. The number of aromatic nitrogens is 2. The maximum absolute atomic E-state index is 5.94. The minimum absolute atomic E-state index is 0.234. The number of benzene rings is 1. The number of rotatable bonds is 4. The van der Waals surface area contributed by atoms with Crippen molar-refractivity contribution in [3.05, 3.63) is 36.5 Å². The van der Waals surface area contributed by atoms with Crippen molar-refractivity contribution in [3.8, 4) is 5.75 Å². The summed E-state index contributed by atoms with van der Waals surface area (Å²) in [6.07, 6.45) is 2.77. The highest BCUT2D eigenvalue weighted by Gasteiger charge is 2.20. The van der Waals surface area contributed by atoms with Crippen molar-refractivity contribution < 1.29 is 4.74 Å². The van der Waals surface area contributed by atoms with Gasteiger partial charge in [-0.15, -0.1) is 0 Å². The molecule has 1 aliphatic heterocycles. The van der Waals surface area contributed by atoms with Crippen LogP contribution < -0.4 is 20.7 Å². The number of nitrogens with one attached hydrogen (secondary N) is 1. The smallest absolute Gasteiger partial charge is 0.229 e. The molecule has 6 nitrogen and oxygen atoms in total. The summed E-state index contributed by atoms with van der Waals surface area (Å²) in [5.41, 5.74) is 6.86. The number of ether oxygens (including phenoxy) is 1. The lowest BCUT2D eigenvalue weighted by Gasteiger charge is -2.17. The predicted octanol–water partition coefficient (Wildman–Crippen LogP) is 1.77. The molecule has 0 bridgehead atoms. The van der Waals surface area contributed by atoms with Crippen molar-refractivity contribution in [3.63, 3.8) is 0 Å². The van der Waals surface area contributed by atoms with Crippen LogP contribution >= 0.6 is 0 Å². The number of methoxy groups -OCH3 is 1. The second-order valence-corrected chi connectivity index (χ2v) is 5.09. The van der Waals surface area contributed by atoms with Gasteiger partial charge in [0, 0.05) is 31.0 Å².